The number of carbonyl (C=O) groups excluding carboxylic acids is 1. The quantitative estimate of drug-likeness (QED) is 0.321. The van der Waals surface area contributed by atoms with Crippen LogP contribution >= 0.6 is 11.3 Å². The zero-order valence-electron chi connectivity index (χ0n) is 28.7. The van der Waals surface area contributed by atoms with Gasteiger partial charge in [0.05, 0.1) is 11.0 Å². The van der Waals surface area contributed by atoms with Gasteiger partial charge < -0.3 is 24.8 Å². The Kier molecular flexibility index (Phi) is 9.13. The number of halogens is 1. The molecule has 0 radical (unpaired) electrons. The number of nitrogens with two attached hydrogens (primary N) is 1. The molecule has 5 heterocycles. The molecule has 2 aliphatic heterocycles. The first-order valence-electron chi connectivity index (χ1n) is 17.5. The molecule has 0 saturated carbocycles. The van der Waals surface area contributed by atoms with Crippen molar-refractivity contribution in [1.82, 2.24) is 24.9 Å². The van der Waals surface area contributed by atoms with E-state index in [0.717, 1.165) is 74.8 Å². The first-order valence-corrected chi connectivity index (χ1v) is 18.3. The minimum atomic E-state index is -0.676. The number of hydrogen-bond donors (Lipinski definition) is 1. The van der Waals surface area contributed by atoms with Gasteiger partial charge in [0.1, 0.15) is 41.1 Å². The second kappa shape index (κ2) is 13.4. The lowest BCUT2D eigenvalue weighted by atomic mass is 9.63. The van der Waals surface area contributed by atoms with Gasteiger partial charge in [-0.3, -0.25) is 9.69 Å². The number of nitrogens with zero attached hydrogens (tertiary/aromatic N) is 7. The van der Waals surface area contributed by atoms with Crippen LogP contribution in [0.15, 0.2) is 22.7 Å². The Hall–Kier alpha value is -4.02. The highest BCUT2D eigenvalue weighted by Crippen LogP contribution is 2.55. The zero-order valence-corrected chi connectivity index (χ0v) is 29.6. The second-order valence-corrected chi connectivity index (χ2v) is 15.3. The van der Waals surface area contributed by atoms with Gasteiger partial charge in [-0.15, -0.1) is 11.3 Å². The zero-order chi connectivity index (χ0) is 34.4. The minimum Gasteiger partial charge on any atom is -0.459 e. The van der Waals surface area contributed by atoms with Gasteiger partial charge in [0.25, 0.3) is 0 Å². The highest BCUT2D eigenvalue weighted by atomic mass is 32.1. The summed E-state index contributed by atoms with van der Waals surface area (Å²) in [6.07, 6.45) is 9.98. The maximum absolute atomic E-state index is 12.9. The molecule has 3 aromatic heterocycles. The van der Waals surface area contributed by atoms with E-state index in [4.69, 9.17) is 30.1 Å². The van der Waals surface area contributed by atoms with Gasteiger partial charge in [0.15, 0.2) is 5.76 Å². The predicted octanol–water partition coefficient (Wildman–Crippen LogP) is 5.42. The van der Waals surface area contributed by atoms with Gasteiger partial charge in [-0.25, -0.2) is 4.39 Å². The topological polar surface area (TPSA) is 138 Å². The van der Waals surface area contributed by atoms with Gasteiger partial charge >= 0.3 is 6.01 Å². The minimum absolute atomic E-state index is 0.131. The first-order chi connectivity index (χ1) is 23.6. The summed E-state index contributed by atoms with van der Waals surface area (Å²) >= 11 is 1.53. The molecule has 49 heavy (non-hydrogen) atoms. The van der Waals surface area contributed by atoms with Crippen molar-refractivity contribution in [2.45, 2.75) is 102 Å². The highest BCUT2D eigenvalue weighted by molar-refractivity contribution is 7.16. The number of likely N-dealkylation sites (N-methyl/N-ethyl adjacent to an activating group) is 1. The Labute approximate surface area is 290 Å². The van der Waals surface area contributed by atoms with Crippen molar-refractivity contribution in [3.05, 3.63) is 45.5 Å². The summed E-state index contributed by atoms with van der Waals surface area (Å²) < 4.78 is 25.6. The number of likely N-dealkylation sites (tertiary alicyclic amines) is 1. The molecule has 2 aliphatic carbocycles. The van der Waals surface area contributed by atoms with Crippen molar-refractivity contribution in [2.24, 2.45) is 0 Å². The van der Waals surface area contributed by atoms with Gasteiger partial charge in [-0.05, 0) is 97.4 Å². The normalized spacial score (nSPS) is 26.2. The number of allylic oxidation sites excluding steroid dienone is 1. The largest absolute Gasteiger partial charge is 0.459 e. The maximum Gasteiger partial charge on any atom is 0.319 e. The molecule has 1 amide bonds. The summed E-state index contributed by atoms with van der Waals surface area (Å²) in [5.74, 6) is 1.32. The molecule has 1 spiro atoms. The van der Waals surface area contributed by atoms with Crippen LogP contribution in [0.25, 0.3) is 11.4 Å². The maximum atomic E-state index is 12.9. The number of anilines is 2. The van der Waals surface area contributed by atoms with Crippen LogP contribution in [0.3, 0.4) is 0 Å². The molecule has 260 valence electrons. The lowest BCUT2D eigenvalue weighted by Gasteiger charge is -2.44. The molecule has 0 aromatic carbocycles. The summed E-state index contributed by atoms with van der Waals surface area (Å²) in [6, 6.07) is 4.62. The fourth-order valence-corrected chi connectivity index (χ4v) is 10.1. The number of aryl methyl sites for hydroxylation is 1. The lowest BCUT2D eigenvalue weighted by molar-refractivity contribution is -0.130. The van der Waals surface area contributed by atoms with Gasteiger partial charge in [0.2, 0.25) is 5.91 Å². The number of hydrogen-bond acceptors (Lipinski definition) is 11. The van der Waals surface area contributed by atoms with E-state index in [1.54, 1.807) is 4.90 Å². The molecule has 2 saturated heterocycles. The number of carbonyl (C=O) groups is 1. The van der Waals surface area contributed by atoms with E-state index in [0.29, 0.717) is 40.9 Å². The Balaban J connectivity index is 1.28. The van der Waals surface area contributed by atoms with Crippen LogP contribution in [-0.2, 0) is 23.1 Å². The number of nitriles is 1. The Bertz CT molecular complexity index is 1780. The fraction of sp³-hybridized carbons (Fsp3) is 0.583. The van der Waals surface area contributed by atoms with Crippen LogP contribution in [0.1, 0.15) is 86.6 Å². The molecular weight excluding hydrogens is 644 g/mol. The van der Waals surface area contributed by atoms with Crippen LogP contribution < -0.4 is 15.4 Å². The number of amides is 1. The molecule has 4 aliphatic rings. The molecule has 0 bridgehead atoms. The monoisotopic (exact) mass is 688 g/mol. The Morgan fingerprint density at radius 2 is 2.00 bits per heavy atom. The number of aromatic nitrogens is 3. The number of ether oxygens (including phenoxy) is 1. The first kappa shape index (κ1) is 33.5. The SMILES string of the molecule is C[C@H](Oc1nc(-c2noc3c2CCC[C@@]32CCCc3sc(N)c(C#N)c32)cc(N2C[C@H](C)N(C(=O)/C=C/CF)[C@@H](C)C2)n1)[C@@H]1CCCN1C. The molecule has 7 rings (SSSR count). The summed E-state index contributed by atoms with van der Waals surface area (Å²) in [6.45, 7) is 7.50. The highest BCUT2D eigenvalue weighted by Gasteiger charge is 2.49. The van der Waals surface area contributed by atoms with E-state index in [1.165, 1.54) is 28.4 Å². The molecule has 11 nitrogen and oxygen atoms in total. The van der Waals surface area contributed by atoms with E-state index in [1.807, 2.05) is 19.9 Å². The van der Waals surface area contributed by atoms with E-state index in [2.05, 4.69) is 29.8 Å². The standard InChI is InChI=1S/C36H45FN8O3S/c1-21-19-44(20-22(2)45(21)30(46)12-7-15-37)29-17-26(40-35(41-29)47-23(3)27-10-8-16-43(27)4)32-24-9-5-13-36(33(24)48-42-32)14-6-11-28-31(36)25(18-38)34(39)49-28/h7,12,17,21-23,27H,5-6,8-11,13-16,19-20,39H2,1-4H3/b12-7+/t21-,22-,23-,27-,36-/m0/s1. The number of fused-ring (bicyclic) bond motifs is 4. The van der Waals surface area contributed by atoms with Crippen LogP contribution in [0.5, 0.6) is 6.01 Å². The van der Waals surface area contributed by atoms with Gasteiger partial charge in [-0.2, -0.15) is 15.2 Å². The summed E-state index contributed by atoms with van der Waals surface area (Å²) in [4.78, 5) is 30.3. The fourth-order valence-electron chi connectivity index (χ4n) is 8.94. The molecule has 2 N–H and O–H groups in total. The number of nitrogen functional groups attached to an aromatic ring is 1. The van der Waals surface area contributed by atoms with E-state index >= 15 is 0 Å². The van der Waals surface area contributed by atoms with Crippen molar-refractivity contribution in [2.75, 3.05) is 44.0 Å². The predicted molar refractivity (Wildman–Crippen MR) is 186 cm³/mol. The average Bonchev–Trinajstić information content (AvgIpc) is 3.80. The van der Waals surface area contributed by atoms with Gasteiger partial charge in [-0.1, -0.05) is 5.16 Å². The smallest absolute Gasteiger partial charge is 0.319 e. The van der Waals surface area contributed by atoms with Crippen LogP contribution in [0, 0.1) is 11.3 Å². The van der Waals surface area contributed by atoms with Crippen molar-refractivity contribution in [3.63, 3.8) is 0 Å². The third-order valence-corrected chi connectivity index (χ3v) is 12.1. The van der Waals surface area contributed by atoms with Crippen molar-refractivity contribution < 1.29 is 18.4 Å². The van der Waals surface area contributed by atoms with Crippen molar-refractivity contribution in [1.29, 1.82) is 5.26 Å². The number of rotatable bonds is 7. The third kappa shape index (κ3) is 5.86. The second-order valence-electron chi connectivity index (χ2n) is 14.2. The number of thiophene rings is 1. The van der Waals surface area contributed by atoms with E-state index in [9.17, 15) is 14.4 Å². The van der Waals surface area contributed by atoms with Crippen LogP contribution in [0.2, 0.25) is 0 Å². The Morgan fingerprint density at radius 3 is 2.69 bits per heavy atom. The van der Waals surface area contributed by atoms with Crippen molar-refractivity contribution in [3.8, 4) is 23.5 Å². The molecule has 0 unspecified atom stereocenters. The third-order valence-electron chi connectivity index (χ3n) is 11.1. The number of alkyl halides is 1. The molecule has 3 aromatic rings. The van der Waals surface area contributed by atoms with Crippen LogP contribution in [-0.4, -0.2) is 88.4 Å². The molecule has 5 atom stereocenters. The van der Waals surface area contributed by atoms with E-state index in [-0.39, 0.29) is 36.1 Å². The average molecular weight is 689 g/mol. The molecular formula is C36H45FN8O3S. The summed E-state index contributed by atoms with van der Waals surface area (Å²) in [7, 11) is 2.12. The Morgan fingerprint density at radius 1 is 1.24 bits per heavy atom. The lowest BCUT2D eigenvalue weighted by Crippen LogP contribution is -2.58. The summed E-state index contributed by atoms with van der Waals surface area (Å²) in [5.41, 5.74) is 9.87. The van der Waals surface area contributed by atoms with Crippen molar-refractivity contribution >= 4 is 28.1 Å². The molecule has 2 fully saturated rings. The summed E-state index contributed by atoms with van der Waals surface area (Å²) in [5, 5.41) is 15.4. The van der Waals surface area contributed by atoms with Crippen LogP contribution in [0.4, 0.5) is 15.2 Å². The number of piperazine rings is 1. The molecule has 13 heteroatoms. The van der Waals surface area contributed by atoms with Gasteiger partial charge in [0, 0.05) is 53.8 Å². The van der Waals surface area contributed by atoms with E-state index < -0.39 is 12.1 Å².